The second-order valence-electron chi connectivity index (χ2n) is 3.91. The van der Waals surface area contributed by atoms with E-state index in [0.29, 0.717) is 6.04 Å². The molecule has 1 heterocycles. The average Bonchev–Trinajstić information content (AvgIpc) is 2.26. The third-order valence-corrected chi connectivity index (χ3v) is 2.62. The van der Waals surface area contributed by atoms with Crippen molar-refractivity contribution in [2.24, 2.45) is 4.99 Å². The van der Waals surface area contributed by atoms with E-state index in [1.807, 2.05) is 0 Å². The van der Waals surface area contributed by atoms with Gasteiger partial charge in [-0.2, -0.15) is 0 Å². The average molecular weight is 167 g/mol. The lowest BCUT2D eigenvalue weighted by Crippen LogP contribution is -2.04. The Kier molecular flexibility index (Phi) is 4.34. The van der Waals surface area contributed by atoms with Crippen molar-refractivity contribution in [3.63, 3.8) is 0 Å². The zero-order valence-electron chi connectivity index (χ0n) is 8.47. The number of rotatable bonds is 3. The number of hydrogen-bond donors (Lipinski definition) is 0. The van der Waals surface area contributed by atoms with Gasteiger partial charge in [-0.15, -0.1) is 0 Å². The largest absolute Gasteiger partial charge is 0.291 e. The van der Waals surface area contributed by atoms with Crippen molar-refractivity contribution in [1.29, 1.82) is 0 Å². The molecule has 70 valence electrons. The SMILES string of the molecule is CCCCC1CCCCC(C)=N1. The quantitative estimate of drug-likeness (QED) is 0.609. The molecule has 0 spiro atoms. The first-order chi connectivity index (χ1) is 5.83. The molecule has 0 aliphatic carbocycles. The molecular weight excluding hydrogens is 146 g/mol. The van der Waals surface area contributed by atoms with Gasteiger partial charge in [0.25, 0.3) is 0 Å². The predicted molar refractivity (Wildman–Crippen MR) is 54.9 cm³/mol. The molecule has 0 fully saturated rings. The van der Waals surface area contributed by atoms with Crippen LogP contribution in [-0.2, 0) is 0 Å². The van der Waals surface area contributed by atoms with Gasteiger partial charge in [-0.25, -0.2) is 0 Å². The maximum Gasteiger partial charge on any atom is 0.0498 e. The molecule has 1 heteroatoms. The molecule has 0 bridgehead atoms. The molecule has 0 aromatic carbocycles. The Labute approximate surface area is 76.3 Å². The van der Waals surface area contributed by atoms with Crippen molar-refractivity contribution < 1.29 is 0 Å². The van der Waals surface area contributed by atoms with Gasteiger partial charge >= 0.3 is 0 Å². The van der Waals surface area contributed by atoms with Gasteiger partial charge in [0.15, 0.2) is 0 Å². The number of unbranched alkanes of at least 4 members (excludes halogenated alkanes) is 1. The summed E-state index contributed by atoms with van der Waals surface area (Å²) in [6.07, 6.45) is 9.29. The fourth-order valence-corrected chi connectivity index (χ4v) is 1.85. The third kappa shape index (κ3) is 3.38. The molecule has 0 saturated carbocycles. The Balaban J connectivity index is 2.34. The van der Waals surface area contributed by atoms with Crippen molar-refractivity contribution >= 4 is 5.71 Å². The van der Waals surface area contributed by atoms with E-state index >= 15 is 0 Å². The van der Waals surface area contributed by atoms with Crippen LogP contribution in [0.1, 0.15) is 58.8 Å². The van der Waals surface area contributed by atoms with Gasteiger partial charge in [0, 0.05) is 11.8 Å². The molecule has 0 saturated heterocycles. The lowest BCUT2D eigenvalue weighted by molar-refractivity contribution is 0.530. The molecule has 1 aliphatic heterocycles. The van der Waals surface area contributed by atoms with Gasteiger partial charge in [0.1, 0.15) is 0 Å². The summed E-state index contributed by atoms with van der Waals surface area (Å²) in [7, 11) is 0. The maximum absolute atomic E-state index is 4.73. The smallest absolute Gasteiger partial charge is 0.0498 e. The summed E-state index contributed by atoms with van der Waals surface area (Å²) in [6.45, 7) is 4.44. The third-order valence-electron chi connectivity index (χ3n) is 2.62. The summed E-state index contributed by atoms with van der Waals surface area (Å²) in [5.41, 5.74) is 1.38. The molecular formula is C11H21N. The van der Waals surface area contributed by atoms with E-state index in [0.717, 1.165) is 0 Å². The monoisotopic (exact) mass is 167 g/mol. The molecule has 0 aromatic heterocycles. The van der Waals surface area contributed by atoms with Crippen LogP contribution in [0.4, 0.5) is 0 Å². The minimum Gasteiger partial charge on any atom is -0.291 e. The first-order valence-corrected chi connectivity index (χ1v) is 5.36. The normalized spacial score (nSPS) is 24.8. The Morgan fingerprint density at radius 3 is 3.00 bits per heavy atom. The Bertz CT molecular complexity index is 149. The second-order valence-corrected chi connectivity index (χ2v) is 3.91. The van der Waals surface area contributed by atoms with E-state index in [-0.39, 0.29) is 0 Å². The highest BCUT2D eigenvalue weighted by molar-refractivity contribution is 5.82. The van der Waals surface area contributed by atoms with Crippen LogP contribution in [0.25, 0.3) is 0 Å². The molecule has 0 amide bonds. The fraction of sp³-hybridized carbons (Fsp3) is 0.909. The summed E-state index contributed by atoms with van der Waals surface area (Å²) in [6, 6.07) is 0.660. The molecule has 0 N–H and O–H groups in total. The van der Waals surface area contributed by atoms with Crippen molar-refractivity contribution in [2.75, 3.05) is 0 Å². The minimum absolute atomic E-state index is 0.660. The summed E-state index contributed by atoms with van der Waals surface area (Å²) in [5, 5.41) is 0. The summed E-state index contributed by atoms with van der Waals surface area (Å²) >= 11 is 0. The Hall–Kier alpha value is -0.330. The van der Waals surface area contributed by atoms with Crippen molar-refractivity contribution in [3.8, 4) is 0 Å². The molecule has 1 nitrogen and oxygen atoms in total. The van der Waals surface area contributed by atoms with Crippen LogP contribution in [-0.4, -0.2) is 11.8 Å². The van der Waals surface area contributed by atoms with Crippen molar-refractivity contribution in [3.05, 3.63) is 0 Å². The van der Waals surface area contributed by atoms with E-state index in [1.54, 1.807) is 0 Å². The lowest BCUT2D eigenvalue weighted by Gasteiger charge is -2.09. The summed E-state index contributed by atoms with van der Waals surface area (Å²) in [4.78, 5) is 4.73. The van der Waals surface area contributed by atoms with E-state index in [4.69, 9.17) is 4.99 Å². The molecule has 0 radical (unpaired) electrons. The van der Waals surface area contributed by atoms with Gasteiger partial charge in [-0.1, -0.05) is 26.2 Å². The fourth-order valence-electron chi connectivity index (χ4n) is 1.85. The van der Waals surface area contributed by atoms with Crippen LogP contribution >= 0.6 is 0 Å². The maximum atomic E-state index is 4.73. The van der Waals surface area contributed by atoms with E-state index in [9.17, 15) is 0 Å². The number of aliphatic imine (C=N–C) groups is 1. The van der Waals surface area contributed by atoms with Crippen LogP contribution in [0, 0.1) is 0 Å². The zero-order valence-corrected chi connectivity index (χ0v) is 8.47. The van der Waals surface area contributed by atoms with Crippen molar-refractivity contribution in [1.82, 2.24) is 0 Å². The molecule has 1 unspecified atom stereocenters. The van der Waals surface area contributed by atoms with Gasteiger partial charge in [-0.3, -0.25) is 4.99 Å². The van der Waals surface area contributed by atoms with Gasteiger partial charge < -0.3 is 0 Å². The van der Waals surface area contributed by atoms with Gasteiger partial charge in [-0.05, 0) is 32.6 Å². The van der Waals surface area contributed by atoms with Crippen molar-refractivity contribution in [2.45, 2.75) is 64.8 Å². The highest BCUT2D eigenvalue weighted by Gasteiger charge is 2.09. The van der Waals surface area contributed by atoms with Gasteiger partial charge in [0.2, 0.25) is 0 Å². The van der Waals surface area contributed by atoms with Crippen LogP contribution in [0.2, 0.25) is 0 Å². The lowest BCUT2D eigenvalue weighted by atomic mass is 10.1. The first kappa shape index (κ1) is 9.76. The standard InChI is InChI=1S/C11H21N/c1-3-4-8-11-9-6-5-7-10(2)12-11/h11H,3-9H2,1-2H3. The predicted octanol–water partition coefficient (Wildman–Crippen LogP) is 3.58. The first-order valence-electron chi connectivity index (χ1n) is 5.36. The van der Waals surface area contributed by atoms with Crippen LogP contribution < -0.4 is 0 Å². The van der Waals surface area contributed by atoms with Crippen LogP contribution in [0.15, 0.2) is 4.99 Å². The van der Waals surface area contributed by atoms with E-state index < -0.39 is 0 Å². The minimum atomic E-state index is 0.660. The van der Waals surface area contributed by atoms with E-state index in [1.165, 1.54) is 50.7 Å². The number of hydrogen-bond acceptors (Lipinski definition) is 1. The summed E-state index contributed by atoms with van der Waals surface area (Å²) in [5.74, 6) is 0. The van der Waals surface area contributed by atoms with Gasteiger partial charge in [0.05, 0.1) is 0 Å². The Morgan fingerprint density at radius 1 is 1.42 bits per heavy atom. The molecule has 0 aromatic rings. The second kappa shape index (κ2) is 5.34. The molecule has 1 rings (SSSR count). The molecule has 1 atom stereocenters. The van der Waals surface area contributed by atoms with Crippen LogP contribution in [0.3, 0.4) is 0 Å². The summed E-state index contributed by atoms with van der Waals surface area (Å²) < 4.78 is 0. The Morgan fingerprint density at radius 2 is 2.25 bits per heavy atom. The van der Waals surface area contributed by atoms with E-state index in [2.05, 4.69) is 13.8 Å². The molecule has 12 heavy (non-hydrogen) atoms. The highest BCUT2D eigenvalue weighted by atomic mass is 14.8. The zero-order chi connectivity index (χ0) is 8.81. The number of nitrogens with zero attached hydrogens (tertiary/aromatic N) is 1. The van der Waals surface area contributed by atoms with Crippen LogP contribution in [0.5, 0.6) is 0 Å². The molecule has 1 aliphatic rings. The highest BCUT2D eigenvalue weighted by Crippen LogP contribution is 2.17. The topological polar surface area (TPSA) is 12.4 Å².